The number of aryl methyl sites for hydroxylation is 2. The Kier molecular flexibility index (Phi) is 4.68. The number of carbonyl (C=O) groups excluding carboxylic acids is 1. The molecule has 0 atom stereocenters. The molecule has 0 aliphatic heterocycles. The Balaban J connectivity index is 1.89. The molecule has 0 spiro atoms. The van der Waals surface area contributed by atoms with Crippen LogP contribution in [-0.2, 0) is 0 Å². The summed E-state index contributed by atoms with van der Waals surface area (Å²) in [6, 6.07) is 10.0. The van der Waals surface area contributed by atoms with E-state index in [1.807, 2.05) is 62.7 Å². The lowest BCUT2D eigenvalue weighted by Crippen LogP contribution is -2.13. The van der Waals surface area contributed by atoms with Gasteiger partial charge in [0.1, 0.15) is 0 Å². The van der Waals surface area contributed by atoms with Crippen molar-refractivity contribution in [2.75, 3.05) is 5.32 Å². The Labute approximate surface area is 167 Å². The normalized spacial score (nSPS) is 11.3. The van der Waals surface area contributed by atoms with Crippen LogP contribution in [0.3, 0.4) is 0 Å². The second-order valence-electron chi connectivity index (χ2n) is 7.02. The number of anilines is 1. The van der Waals surface area contributed by atoms with Crippen molar-refractivity contribution in [3.8, 4) is 11.3 Å². The van der Waals surface area contributed by atoms with Crippen LogP contribution in [0.1, 0.15) is 40.7 Å². The van der Waals surface area contributed by atoms with Crippen molar-refractivity contribution in [1.82, 2.24) is 19.7 Å². The minimum absolute atomic E-state index is 0.134. The van der Waals surface area contributed by atoms with Crippen molar-refractivity contribution in [2.45, 2.75) is 33.7 Å². The first-order chi connectivity index (χ1) is 13.4. The van der Waals surface area contributed by atoms with E-state index >= 15 is 0 Å². The van der Waals surface area contributed by atoms with E-state index in [1.54, 1.807) is 12.4 Å². The molecule has 4 rings (SSSR count). The molecule has 0 aliphatic rings. The van der Waals surface area contributed by atoms with Gasteiger partial charge in [-0.25, -0.2) is 14.6 Å². The summed E-state index contributed by atoms with van der Waals surface area (Å²) in [5.41, 5.74) is 4.11. The van der Waals surface area contributed by atoms with E-state index in [0.29, 0.717) is 16.3 Å². The number of rotatable bonds is 4. The molecule has 3 aromatic heterocycles. The molecule has 28 heavy (non-hydrogen) atoms. The second-order valence-corrected chi connectivity index (χ2v) is 8.26. The van der Waals surface area contributed by atoms with Crippen LogP contribution < -0.4 is 5.32 Å². The van der Waals surface area contributed by atoms with Gasteiger partial charge in [-0.2, -0.15) is 5.10 Å². The molecule has 6 nitrogen and oxygen atoms in total. The summed E-state index contributed by atoms with van der Waals surface area (Å²) in [5.74, 6) is -0.208. The first kappa shape index (κ1) is 18.3. The molecule has 0 fully saturated rings. The molecule has 1 N–H and O–H groups in total. The number of nitrogens with one attached hydrogen (secondary N) is 1. The second kappa shape index (κ2) is 7.16. The summed E-state index contributed by atoms with van der Waals surface area (Å²) >= 11 is 1.45. The maximum absolute atomic E-state index is 13.1. The van der Waals surface area contributed by atoms with Gasteiger partial charge >= 0.3 is 0 Å². The summed E-state index contributed by atoms with van der Waals surface area (Å²) < 4.78 is 1.85. The van der Waals surface area contributed by atoms with Crippen LogP contribution >= 0.6 is 11.3 Å². The van der Waals surface area contributed by atoms with Crippen LogP contribution in [0.5, 0.6) is 0 Å². The molecular weight excluding hydrogens is 370 g/mol. The molecule has 142 valence electrons. The summed E-state index contributed by atoms with van der Waals surface area (Å²) in [6.07, 6.45) is 3.46. The Morgan fingerprint density at radius 3 is 2.64 bits per heavy atom. The summed E-state index contributed by atoms with van der Waals surface area (Å²) in [7, 11) is 0. The number of hydrogen-bond donors (Lipinski definition) is 1. The molecular formula is C21H21N5OS. The molecule has 4 aromatic rings. The first-order valence-electron chi connectivity index (χ1n) is 9.12. The molecule has 1 aromatic carbocycles. The molecule has 0 saturated carbocycles. The van der Waals surface area contributed by atoms with Gasteiger partial charge in [-0.05, 0) is 39.3 Å². The van der Waals surface area contributed by atoms with Gasteiger partial charge in [-0.15, -0.1) is 11.3 Å². The van der Waals surface area contributed by atoms with Crippen LogP contribution in [0.15, 0.2) is 42.7 Å². The maximum Gasteiger partial charge on any atom is 0.258 e. The van der Waals surface area contributed by atoms with E-state index in [-0.39, 0.29) is 11.9 Å². The average Bonchev–Trinajstić information content (AvgIpc) is 3.27. The van der Waals surface area contributed by atoms with Crippen LogP contribution in [0.4, 0.5) is 5.13 Å². The summed E-state index contributed by atoms with van der Waals surface area (Å²) in [5, 5.41) is 8.69. The lowest BCUT2D eigenvalue weighted by Gasteiger charge is -2.11. The molecule has 0 saturated heterocycles. The number of thiazole rings is 1. The van der Waals surface area contributed by atoms with Gasteiger partial charge in [0.15, 0.2) is 10.8 Å². The number of pyridine rings is 1. The fraction of sp³-hybridized carbons (Fsp3) is 0.238. The maximum atomic E-state index is 13.1. The Hall–Kier alpha value is -3.06. The lowest BCUT2D eigenvalue weighted by molar-refractivity contribution is 0.102. The van der Waals surface area contributed by atoms with Crippen LogP contribution in [0, 0.1) is 13.8 Å². The van der Waals surface area contributed by atoms with Crippen molar-refractivity contribution in [1.29, 1.82) is 0 Å². The van der Waals surface area contributed by atoms with Gasteiger partial charge in [-0.1, -0.05) is 24.3 Å². The molecule has 3 heterocycles. The van der Waals surface area contributed by atoms with Crippen LogP contribution in [0.25, 0.3) is 22.3 Å². The van der Waals surface area contributed by atoms with E-state index in [2.05, 4.69) is 15.4 Å². The predicted octanol–water partition coefficient (Wildman–Crippen LogP) is 5.00. The number of fused-ring (bicyclic) bond motifs is 1. The zero-order valence-corrected chi connectivity index (χ0v) is 17.0. The highest BCUT2D eigenvalue weighted by Gasteiger charge is 2.19. The molecule has 0 bridgehead atoms. The molecule has 1 amide bonds. The van der Waals surface area contributed by atoms with Crippen LogP contribution in [0.2, 0.25) is 0 Å². The number of carbonyl (C=O) groups is 1. The topological polar surface area (TPSA) is 72.7 Å². The lowest BCUT2D eigenvalue weighted by atomic mass is 10.0. The monoisotopic (exact) mass is 391 g/mol. The number of nitrogens with zero attached hydrogens (tertiary/aromatic N) is 4. The third-order valence-corrected chi connectivity index (χ3v) is 5.39. The van der Waals surface area contributed by atoms with E-state index in [9.17, 15) is 4.79 Å². The Morgan fingerprint density at radius 2 is 1.96 bits per heavy atom. The highest BCUT2D eigenvalue weighted by molar-refractivity contribution is 7.15. The van der Waals surface area contributed by atoms with Gasteiger partial charge in [0, 0.05) is 22.7 Å². The van der Waals surface area contributed by atoms with Crippen LogP contribution in [-0.4, -0.2) is 25.7 Å². The van der Waals surface area contributed by atoms with Gasteiger partial charge in [0.2, 0.25) is 0 Å². The van der Waals surface area contributed by atoms with Gasteiger partial charge in [-0.3, -0.25) is 10.1 Å². The van der Waals surface area contributed by atoms with E-state index in [0.717, 1.165) is 27.1 Å². The average molecular weight is 392 g/mol. The minimum atomic E-state index is -0.208. The molecule has 0 radical (unpaired) electrons. The highest BCUT2D eigenvalue weighted by Crippen LogP contribution is 2.29. The van der Waals surface area contributed by atoms with E-state index in [4.69, 9.17) is 4.98 Å². The minimum Gasteiger partial charge on any atom is -0.298 e. The molecule has 0 aliphatic carbocycles. The SMILES string of the molecule is Cc1cnc(NC(=O)c2cc(-c3ccccc3C)nc3c2cnn3C(C)C)s1. The van der Waals surface area contributed by atoms with Gasteiger partial charge < -0.3 is 0 Å². The molecule has 0 unspecified atom stereocenters. The predicted molar refractivity (Wildman–Crippen MR) is 113 cm³/mol. The van der Waals surface area contributed by atoms with Crippen molar-refractivity contribution in [3.63, 3.8) is 0 Å². The zero-order chi connectivity index (χ0) is 19.8. The number of amides is 1. The fourth-order valence-corrected chi connectivity index (χ4v) is 3.82. The summed E-state index contributed by atoms with van der Waals surface area (Å²) in [6.45, 7) is 8.10. The van der Waals surface area contributed by atoms with Crippen molar-refractivity contribution < 1.29 is 4.79 Å². The zero-order valence-electron chi connectivity index (χ0n) is 16.2. The number of hydrogen-bond acceptors (Lipinski definition) is 5. The standard InChI is InChI=1S/C21H21N5OS/c1-12(2)26-19-17(11-23-26)16(20(27)25-21-22-10-14(4)28-21)9-18(24-19)15-8-6-5-7-13(15)3/h5-12H,1-4H3,(H,22,25,27). The smallest absolute Gasteiger partial charge is 0.258 e. The van der Waals surface area contributed by atoms with Gasteiger partial charge in [0.05, 0.1) is 22.8 Å². The van der Waals surface area contributed by atoms with E-state index in [1.165, 1.54) is 11.3 Å². The third kappa shape index (κ3) is 3.29. The Bertz CT molecular complexity index is 1170. The summed E-state index contributed by atoms with van der Waals surface area (Å²) in [4.78, 5) is 23.2. The van der Waals surface area contributed by atoms with Gasteiger partial charge in [0.25, 0.3) is 5.91 Å². The van der Waals surface area contributed by atoms with Crippen molar-refractivity contribution >= 4 is 33.4 Å². The number of aromatic nitrogens is 4. The first-order valence-corrected chi connectivity index (χ1v) is 9.93. The highest BCUT2D eigenvalue weighted by atomic mass is 32.1. The number of benzene rings is 1. The quantitative estimate of drug-likeness (QED) is 0.531. The largest absolute Gasteiger partial charge is 0.298 e. The Morgan fingerprint density at radius 1 is 1.18 bits per heavy atom. The van der Waals surface area contributed by atoms with Crippen molar-refractivity contribution in [2.24, 2.45) is 0 Å². The fourth-order valence-electron chi connectivity index (χ4n) is 3.16. The van der Waals surface area contributed by atoms with Crippen molar-refractivity contribution in [3.05, 3.63) is 58.7 Å². The molecule has 7 heteroatoms. The van der Waals surface area contributed by atoms with E-state index < -0.39 is 0 Å². The third-order valence-electron chi connectivity index (χ3n) is 4.56.